The lowest BCUT2D eigenvalue weighted by atomic mass is 9.91. The zero-order valence-electron chi connectivity index (χ0n) is 13.4. The number of aromatic nitrogens is 2. The van der Waals surface area contributed by atoms with E-state index in [4.69, 9.17) is 9.47 Å². The molecule has 2 aromatic rings. The quantitative estimate of drug-likeness (QED) is 0.919. The van der Waals surface area contributed by atoms with Crippen LogP contribution in [0.5, 0.6) is 5.88 Å². The van der Waals surface area contributed by atoms with E-state index in [1.807, 2.05) is 0 Å². The topological polar surface area (TPSA) is 65.4 Å². The molecule has 0 amide bonds. The molecule has 25 heavy (non-hydrogen) atoms. The van der Waals surface area contributed by atoms with Gasteiger partial charge in [0.05, 0.1) is 12.1 Å². The molecule has 1 spiro atoms. The average Bonchev–Trinajstić information content (AvgIpc) is 2.95. The molecule has 1 N–H and O–H groups in total. The van der Waals surface area contributed by atoms with Crippen molar-refractivity contribution in [3.05, 3.63) is 51.9 Å². The maximum Gasteiger partial charge on any atom is 0.352 e. The number of hydrogen-bond donors (Lipinski definition) is 1. The van der Waals surface area contributed by atoms with Crippen LogP contribution in [-0.4, -0.2) is 28.3 Å². The van der Waals surface area contributed by atoms with E-state index in [0.717, 1.165) is 25.0 Å². The lowest BCUT2D eigenvalue weighted by Crippen LogP contribution is -2.43. The molecule has 3 heterocycles. The lowest BCUT2D eigenvalue weighted by Gasteiger charge is -2.32. The van der Waals surface area contributed by atoms with Crippen molar-refractivity contribution in [1.82, 2.24) is 9.55 Å². The Labute approximate surface area is 142 Å². The molecule has 1 saturated heterocycles. The monoisotopic (exact) mass is 349 g/mol. The first kappa shape index (κ1) is 16.0. The van der Waals surface area contributed by atoms with Crippen molar-refractivity contribution < 1.29 is 18.3 Å². The highest BCUT2D eigenvalue weighted by Crippen LogP contribution is 2.33. The van der Waals surface area contributed by atoms with Gasteiger partial charge >= 0.3 is 5.69 Å². The van der Waals surface area contributed by atoms with Gasteiger partial charge < -0.3 is 14.8 Å². The fourth-order valence-electron chi connectivity index (χ4n) is 3.26. The molecule has 4 rings (SSSR count). The van der Waals surface area contributed by atoms with Crippen LogP contribution in [0.15, 0.2) is 29.1 Å². The second-order valence-electron chi connectivity index (χ2n) is 6.40. The third-order valence-corrected chi connectivity index (χ3v) is 4.66. The molecule has 2 aliphatic rings. The van der Waals surface area contributed by atoms with Gasteiger partial charge in [-0.15, -0.1) is 0 Å². The van der Waals surface area contributed by atoms with Crippen molar-refractivity contribution in [3.63, 3.8) is 0 Å². The van der Waals surface area contributed by atoms with Crippen molar-refractivity contribution in [1.29, 1.82) is 0 Å². The minimum Gasteiger partial charge on any atom is -0.473 e. The highest BCUT2D eigenvalue weighted by atomic mass is 19.2. The summed E-state index contributed by atoms with van der Waals surface area (Å²) < 4.78 is 38.7. The number of halogens is 2. The van der Waals surface area contributed by atoms with Gasteiger partial charge in [0, 0.05) is 19.3 Å². The van der Waals surface area contributed by atoms with Crippen LogP contribution in [0.25, 0.3) is 0 Å². The highest BCUT2D eigenvalue weighted by molar-refractivity contribution is 5.46. The van der Waals surface area contributed by atoms with E-state index in [1.165, 1.54) is 6.07 Å². The number of anilines is 1. The number of ether oxygens (including phenoxy) is 2. The Kier molecular flexibility index (Phi) is 3.91. The summed E-state index contributed by atoms with van der Waals surface area (Å²) in [4.78, 5) is 16.2. The molecule has 0 saturated carbocycles. The summed E-state index contributed by atoms with van der Waals surface area (Å²) in [6.07, 6.45) is 1.64. The molecular formula is C17H17F2N3O3. The van der Waals surface area contributed by atoms with E-state index >= 15 is 0 Å². The van der Waals surface area contributed by atoms with Crippen LogP contribution in [0.3, 0.4) is 0 Å². The second kappa shape index (κ2) is 6.11. The Bertz CT molecular complexity index is 863. The van der Waals surface area contributed by atoms with Crippen molar-refractivity contribution in [2.45, 2.75) is 31.5 Å². The largest absolute Gasteiger partial charge is 0.473 e. The van der Waals surface area contributed by atoms with Gasteiger partial charge in [-0.2, -0.15) is 4.98 Å². The molecule has 6 nitrogen and oxygen atoms in total. The summed E-state index contributed by atoms with van der Waals surface area (Å²) in [5, 5.41) is 3.40. The van der Waals surface area contributed by atoms with Gasteiger partial charge in [-0.25, -0.2) is 13.6 Å². The number of nitrogens with one attached hydrogen (secondary N) is 1. The summed E-state index contributed by atoms with van der Waals surface area (Å²) in [7, 11) is 0. The van der Waals surface area contributed by atoms with Gasteiger partial charge in [0.15, 0.2) is 11.6 Å². The standard InChI is InChI=1S/C17H17F2N3O3/c18-12-2-1-11(7-13(12)19)9-25-15-8-14-21-17(3-5-24-6-4-17)10-22(14)16(23)20-15/h1-2,7-8,21H,3-6,9-10H2. The van der Waals surface area contributed by atoms with Crippen LogP contribution in [0.1, 0.15) is 18.4 Å². The van der Waals surface area contributed by atoms with Gasteiger partial charge in [-0.1, -0.05) is 6.07 Å². The Hall–Kier alpha value is -2.48. The summed E-state index contributed by atoms with van der Waals surface area (Å²) >= 11 is 0. The predicted molar refractivity (Wildman–Crippen MR) is 85.6 cm³/mol. The molecule has 0 bridgehead atoms. The summed E-state index contributed by atoms with van der Waals surface area (Å²) in [5.74, 6) is -1.05. The lowest BCUT2D eigenvalue weighted by molar-refractivity contribution is 0.0587. The summed E-state index contributed by atoms with van der Waals surface area (Å²) in [6, 6.07) is 5.18. The molecule has 8 heteroatoms. The Morgan fingerprint density at radius 3 is 2.80 bits per heavy atom. The van der Waals surface area contributed by atoms with E-state index in [-0.39, 0.29) is 18.0 Å². The number of benzene rings is 1. The average molecular weight is 349 g/mol. The van der Waals surface area contributed by atoms with E-state index in [0.29, 0.717) is 31.1 Å². The third kappa shape index (κ3) is 3.09. The summed E-state index contributed by atoms with van der Waals surface area (Å²) in [5.41, 5.74) is -0.117. The maximum atomic E-state index is 13.2. The van der Waals surface area contributed by atoms with Crippen molar-refractivity contribution >= 4 is 5.82 Å². The first-order chi connectivity index (χ1) is 12.0. The SMILES string of the molecule is O=c1nc(OCc2ccc(F)c(F)c2)cc2n1CC1(CCOCC1)N2. The van der Waals surface area contributed by atoms with Crippen LogP contribution in [0, 0.1) is 11.6 Å². The summed E-state index contributed by atoms with van der Waals surface area (Å²) in [6.45, 7) is 1.86. The van der Waals surface area contributed by atoms with Crippen LogP contribution in [0.2, 0.25) is 0 Å². The molecule has 0 atom stereocenters. The highest BCUT2D eigenvalue weighted by Gasteiger charge is 2.39. The van der Waals surface area contributed by atoms with Gasteiger partial charge in [0.2, 0.25) is 5.88 Å². The second-order valence-corrected chi connectivity index (χ2v) is 6.40. The minimum absolute atomic E-state index is 0.00786. The molecule has 1 aromatic carbocycles. The molecule has 1 aromatic heterocycles. The number of rotatable bonds is 3. The van der Waals surface area contributed by atoms with Crippen molar-refractivity contribution in [2.24, 2.45) is 0 Å². The van der Waals surface area contributed by atoms with Gasteiger partial charge in [0.1, 0.15) is 12.4 Å². The fourth-order valence-corrected chi connectivity index (χ4v) is 3.26. The van der Waals surface area contributed by atoms with Gasteiger partial charge in [-0.05, 0) is 30.5 Å². The smallest absolute Gasteiger partial charge is 0.352 e. The zero-order chi connectivity index (χ0) is 17.4. The number of fused-ring (bicyclic) bond motifs is 1. The normalized spacial score (nSPS) is 18.0. The van der Waals surface area contributed by atoms with Crippen LogP contribution >= 0.6 is 0 Å². The van der Waals surface area contributed by atoms with Gasteiger partial charge in [0.25, 0.3) is 0 Å². The molecular weight excluding hydrogens is 332 g/mol. The predicted octanol–water partition coefficient (Wildman–Crippen LogP) is 2.08. The molecule has 132 valence electrons. The van der Waals surface area contributed by atoms with E-state index in [2.05, 4.69) is 10.3 Å². The first-order valence-corrected chi connectivity index (χ1v) is 8.09. The van der Waals surface area contributed by atoms with E-state index < -0.39 is 17.3 Å². The van der Waals surface area contributed by atoms with E-state index in [9.17, 15) is 13.6 Å². The molecule has 2 aliphatic heterocycles. The number of hydrogen-bond acceptors (Lipinski definition) is 5. The molecule has 0 radical (unpaired) electrons. The number of nitrogens with zero attached hydrogens (tertiary/aromatic N) is 2. The first-order valence-electron chi connectivity index (χ1n) is 8.09. The third-order valence-electron chi connectivity index (χ3n) is 4.66. The Morgan fingerprint density at radius 1 is 1.24 bits per heavy atom. The van der Waals surface area contributed by atoms with E-state index in [1.54, 1.807) is 10.6 Å². The van der Waals surface area contributed by atoms with Crippen molar-refractivity contribution in [2.75, 3.05) is 18.5 Å². The van der Waals surface area contributed by atoms with Crippen LogP contribution < -0.4 is 15.7 Å². The van der Waals surface area contributed by atoms with Crippen molar-refractivity contribution in [3.8, 4) is 5.88 Å². The maximum absolute atomic E-state index is 13.2. The fraction of sp³-hybridized carbons (Fsp3) is 0.412. The minimum atomic E-state index is -0.939. The van der Waals surface area contributed by atoms with Crippen LogP contribution in [0.4, 0.5) is 14.6 Å². The Balaban J connectivity index is 1.51. The molecule has 0 unspecified atom stereocenters. The molecule has 1 fully saturated rings. The zero-order valence-corrected chi connectivity index (χ0v) is 13.4. The molecule has 0 aliphatic carbocycles. The van der Waals surface area contributed by atoms with Gasteiger partial charge in [-0.3, -0.25) is 4.57 Å². The van der Waals surface area contributed by atoms with Crippen LogP contribution in [-0.2, 0) is 17.9 Å². The Morgan fingerprint density at radius 2 is 2.04 bits per heavy atom.